The lowest BCUT2D eigenvalue weighted by molar-refractivity contribution is -0.111. The topological polar surface area (TPSA) is 75.7 Å². The van der Waals surface area contributed by atoms with Crippen molar-refractivity contribution in [2.45, 2.75) is 31.1 Å². The van der Waals surface area contributed by atoms with E-state index in [1.807, 2.05) is 25.1 Å². The normalized spacial score (nSPS) is 15.4. The van der Waals surface area contributed by atoms with Gasteiger partial charge in [0.2, 0.25) is 15.9 Å². The number of sulfonamides is 1. The zero-order valence-corrected chi connectivity index (χ0v) is 17.5. The molecule has 1 aliphatic rings. The van der Waals surface area contributed by atoms with Crippen LogP contribution in [0.25, 0.3) is 6.08 Å². The van der Waals surface area contributed by atoms with Gasteiger partial charge in [-0.1, -0.05) is 24.1 Å². The number of benzene rings is 2. The molecule has 0 radical (unpaired) electrons. The quantitative estimate of drug-likeness (QED) is 0.729. The van der Waals surface area contributed by atoms with Gasteiger partial charge >= 0.3 is 0 Å². The van der Waals surface area contributed by atoms with E-state index in [-0.39, 0.29) is 10.8 Å². The first-order valence-electron chi connectivity index (χ1n) is 9.64. The highest BCUT2D eigenvalue weighted by Crippen LogP contribution is 2.23. The lowest BCUT2D eigenvalue weighted by Crippen LogP contribution is -2.35. The molecule has 3 rings (SSSR count). The number of rotatable bonds is 6. The molecule has 1 fully saturated rings. The molecule has 154 valence electrons. The summed E-state index contributed by atoms with van der Waals surface area (Å²) in [5, 5.41) is 2.73. The minimum absolute atomic E-state index is 0.196. The summed E-state index contributed by atoms with van der Waals surface area (Å²) in [5.74, 6) is 0.329. The first-order chi connectivity index (χ1) is 13.9. The molecule has 29 heavy (non-hydrogen) atoms. The third-order valence-corrected chi connectivity index (χ3v) is 6.75. The molecule has 7 heteroatoms. The number of nitrogens with zero attached hydrogens (tertiary/aromatic N) is 1. The summed E-state index contributed by atoms with van der Waals surface area (Å²) in [4.78, 5) is 12.5. The summed E-state index contributed by atoms with van der Waals surface area (Å²) in [6, 6.07) is 12.1. The summed E-state index contributed by atoms with van der Waals surface area (Å²) >= 11 is 0. The van der Waals surface area contributed by atoms with Crippen molar-refractivity contribution in [2.75, 3.05) is 25.5 Å². The average Bonchev–Trinajstić information content (AvgIpc) is 2.73. The Kier molecular flexibility index (Phi) is 6.71. The van der Waals surface area contributed by atoms with Crippen molar-refractivity contribution in [1.29, 1.82) is 0 Å². The second-order valence-electron chi connectivity index (χ2n) is 7.06. The van der Waals surface area contributed by atoms with Crippen molar-refractivity contribution in [3.05, 3.63) is 59.7 Å². The predicted octanol–water partition coefficient (Wildman–Crippen LogP) is 3.83. The van der Waals surface area contributed by atoms with Crippen LogP contribution in [0.4, 0.5) is 5.69 Å². The van der Waals surface area contributed by atoms with Gasteiger partial charge in [-0.05, 0) is 56.2 Å². The van der Waals surface area contributed by atoms with Gasteiger partial charge < -0.3 is 10.1 Å². The summed E-state index contributed by atoms with van der Waals surface area (Å²) in [6.07, 6.45) is 5.89. The van der Waals surface area contributed by atoms with Crippen molar-refractivity contribution in [3.8, 4) is 5.75 Å². The minimum atomic E-state index is -3.54. The highest BCUT2D eigenvalue weighted by molar-refractivity contribution is 7.89. The first kappa shape index (κ1) is 21.1. The lowest BCUT2D eigenvalue weighted by Gasteiger charge is -2.26. The van der Waals surface area contributed by atoms with Gasteiger partial charge in [-0.3, -0.25) is 4.79 Å². The SMILES string of the molecule is COc1ccc(C)cc1/C=C/C(=O)Nc1cccc(S(=O)(=O)N2CCCCC2)c1. The Morgan fingerprint density at radius 3 is 2.59 bits per heavy atom. The van der Waals surface area contributed by atoms with E-state index in [0.717, 1.165) is 30.4 Å². The average molecular weight is 415 g/mol. The van der Waals surface area contributed by atoms with E-state index >= 15 is 0 Å². The van der Waals surface area contributed by atoms with E-state index in [4.69, 9.17) is 4.74 Å². The van der Waals surface area contributed by atoms with E-state index in [1.54, 1.807) is 31.4 Å². The molecule has 2 aromatic carbocycles. The second-order valence-corrected chi connectivity index (χ2v) is 9.00. The van der Waals surface area contributed by atoms with Crippen molar-refractivity contribution in [2.24, 2.45) is 0 Å². The Labute approximate surface area is 172 Å². The van der Waals surface area contributed by atoms with Crippen LogP contribution in [-0.4, -0.2) is 38.8 Å². The number of anilines is 1. The Morgan fingerprint density at radius 2 is 1.86 bits per heavy atom. The molecule has 0 spiro atoms. The van der Waals surface area contributed by atoms with Gasteiger partial charge in [0.1, 0.15) is 5.75 Å². The molecule has 0 atom stereocenters. The number of amides is 1. The molecule has 0 saturated carbocycles. The van der Waals surface area contributed by atoms with E-state index in [2.05, 4.69) is 5.32 Å². The fraction of sp³-hybridized carbons (Fsp3) is 0.318. The molecule has 6 nitrogen and oxygen atoms in total. The second kappa shape index (κ2) is 9.24. The number of hydrogen-bond donors (Lipinski definition) is 1. The van der Waals surface area contributed by atoms with Crippen LogP contribution in [0.1, 0.15) is 30.4 Å². The molecule has 1 amide bonds. The number of aryl methyl sites for hydroxylation is 1. The Bertz CT molecular complexity index is 1010. The molecule has 0 aliphatic carbocycles. The zero-order valence-electron chi connectivity index (χ0n) is 16.7. The highest BCUT2D eigenvalue weighted by atomic mass is 32.2. The smallest absolute Gasteiger partial charge is 0.248 e. The van der Waals surface area contributed by atoms with E-state index < -0.39 is 10.0 Å². The monoisotopic (exact) mass is 414 g/mol. The van der Waals surface area contributed by atoms with Gasteiger partial charge in [0.05, 0.1) is 12.0 Å². The summed E-state index contributed by atoms with van der Waals surface area (Å²) in [7, 11) is -1.96. The summed E-state index contributed by atoms with van der Waals surface area (Å²) in [5.41, 5.74) is 2.29. The maximum absolute atomic E-state index is 12.8. The van der Waals surface area contributed by atoms with E-state index in [9.17, 15) is 13.2 Å². The van der Waals surface area contributed by atoms with Crippen LogP contribution in [0, 0.1) is 6.92 Å². The van der Waals surface area contributed by atoms with Crippen LogP contribution in [0.2, 0.25) is 0 Å². The third kappa shape index (κ3) is 5.25. The molecule has 2 aromatic rings. The summed E-state index contributed by atoms with van der Waals surface area (Å²) < 4.78 is 32.5. The fourth-order valence-electron chi connectivity index (χ4n) is 3.32. The van der Waals surface area contributed by atoms with Crippen molar-refractivity contribution >= 4 is 27.7 Å². The van der Waals surface area contributed by atoms with Crippen LogP contribution in [0.15, 0.2) is 53.4 Å². The maximum atomic E-state index is 12.8. The van der Waals surface area contributed by atoms with Crippen LogP contribution in [-0.2, 0) is 14.8 Å². The minimum Gasteiger partial charge on any atom is -0.496 e. The fourth-order valence-corrected chi connectivity index (χ4v) is 4.89. The molecule has 0 unspecified atom stereocenters. The van der Waals surface area contributed by atoms with Crippen LogP contribution in [0.5, 0.6) is 5.75 Å². The van der Waals surface area contributed by atoms with Crippen molar-refractivity contribution in [3.63, 3.8) is 0 Å². The van der Waals surface area contributed by atoms with Gasteiger partial charge in [0.15, 0.2) is 0 Å². The molecule has 0 aromatic heterocycles. The summed E-state index contributed by atoms with van der Waals surface area (Å²) in [6.45, 7) is 3.05. The Morgan fingerprint density at radius 1 is 1.10 bits per heavy atom. The van der Waals surface area contributed by atoms with Gasteiger partial charge in [-0.2, -0.15) is 4.31 Å². The van der Waals surface area contributed by atoms with Gasteiger partial charge in [0, 0.05) is 30.4 Å². The van der Waals surface area contributed by atoms with E-state index in [0.29, 0.717) is 24.5 Å². The molecule has 1 heterocycles. The van der Waals surface area contributed by atoms with Gasteiger partial charge in [0.25, 0.3) is 0 Å². The molecule has 1 aliphatic heterocycles. The van der Waals surface area contributed by atoms with Crippen LogP contribution < -0.4 is 10.1 Å². The number of ether oxygens (including phenoxy) is 1. The highest BCUT2D eigenvalue weighted by Gasteiger charge is 2.26. The predicted molar refractivity (Wildman–Crippen MR) is 114 cm³/mol. The van der Waals surface area contributed by atoms with Gasteiger partial charge in [-0.25, -0.2) is 8.42 Å². The molecule has 1 saturated heterocycles. The number of carbonyl (C=O) groups excluding carboxylic acids is 1. The Balaban J connectivity index is 1.73. The van der Waals surface area contributed by atoms with Crippen LogP contribution in [0.3, 0.4) is 0 Å². The number of hydrogen-bond acceptors (Lipinski definition) is 4. The third-order valence-electron chi connectivity index (χ3n) is 4.85. The molecular weight excluding hydrogens is 388 g/mol. The van der Waals surface area contributed by atoms with E-state index in [1.165, 1.54) is 16.4 Å². The lowest BCUT2D eigenvalue weighted by atomic mass is 10.1. The van der Waals surface area contributed by atoms with Crippen molar-refractivity contribution < 1.29 is 17.9 Å². The standard InChI is InChI=1S/C22H26N2O4S/c1-17-9-11-21(28-2)18(15-17)10-12-22(25)23-19-7-6-8-20(16-19)29(26,27)24-13-4-3-5-14-24/h6-12,15-16H,3-5,13-14H2,1-2H3,(H,23,25)/b12-10+. The maximum Gasteiger partial charge on any atom is 0.248 e. The first-order valence-corrected chi connectivity index (χ1v) is 11.1. The number of carbonyl (C=O) groups is 1. The number of nitrogens with one attached hydrogen (secondary N) is 1. The van der Waals surface area contributed by atoms with Gasteiger partial charge in [-0.15, -0.1) is 0 Å². The molecule has 1 N–H and O–H groups in total. The van der Waals surface area contributed by atoms with Crippen molar-refractivity contribution in [1.82, 2.24) is 4.31 Å². The number of methoxy groups -OCH3 is 1. The zero-order chi connectivity index (χ0) is 20.9. The largest absolute Gasteiger partial charge is 0.496 e. The molecular formula is C22H26N2O4S. The number of piperidine rings is 1. The Hall–Kier alpha value is -2.64. The van der Waals surface area contributed by atoms with Crippen LogP contribution >= 0.6 is 0 Å². The molecule has 0 bridgehead atoms.